The lowest BCUT2D eigenvalue weighted by atomic mass is 10.1. The third kappa shape index (κ3) is 1.84. The molecular weight excluding hydrogens is 226 g/mol. The first-order valence-corrected chi connectivity index (χ1v) is 6.04. The Morgan fingerprint density at radius 2 is 2.39 bits per heavy atom. The predicted molar refractivity (Wildman–Crippen MR) is 67.0 cm³/mol. The van der Waals surface area contributed by atoms with E-state index in [9.17, 15) is 0 Å². The maximum absolute atomic E-state index is 8.94. The summed E-state index contributed by atoms with van der Waals surface area (Å²) < 4.78 is 5.49. The Hall–Kier alpha value is -2.28. The van der Waals surface area contributed by atoms with Gasteiger partial charge in [0.05, 0.1) is 23.9 Å². The van der Waals surface area contributed by atoms with Crippen molar-refractivity contribution in [2.75, 3.05) is 11.4 Å². The number of nitriles is 1. The molecule has 4 heteroatoms. The zero-order valence-corrected chi connectivity index (χ0v) is 9.91. The van der Waals surface area contributed by atoms with E-state index in [1.54, 1.807) is 18.5 Å². The average Bonchev–Trinajstić information content (AvgIpc) is 3.09. The fourth-order valence-corrected chi connectivity index (χ4v) is 2.46. The molecule has 0 bridgehead atoms. The zero-order valence-electron chi connectivity index (χ0n) is 9.91. The van der Waals surface area contributed by atoms with E-state index in [1.165, 1.54) is 0 Å². The van der Waals surface area contributed by atoms with Gasteiger partial charge in [-0.2, -0.15) is 5.26 Å². The molecule has 1 fully saturated rings. The molecular formula is C14H13N3O. The molecule has 2 aromatic rings. The van der Waals surface area contributed by atoms with Gasteiger partial charge in [-0.3, -0.25) is 0 Å². The topological polar surface area (TPSA) is 53.1 Å². The van der Waals surface area contributed by atoms with E-state index in [1.807, 2.05) is 18.2 Å². The van der Waals surface area contributed by atoms with E-state index in [-0.39, 0.29) is 6.04 Å². The molecule has 0 N–H and O–H groups in total. The Balaban J connectivity index is 1.93. The lowest BCUT2D eigenvalue weighted by molar-refractivity contribution is 0.464. The maximum Gasteiger partial charge on any atom is 0.130 e. The molecule has 1 atom stereocenters. The molecule has 18 heavy (non-hydrogen) atoms. The van der Waals surface area contributed by atoms with Gasteiger partial charge in [-0.05, 0) is 37.1 Å². The fraction of sp³-hybridized carbons (Fsp3) is 0.286. The van der Waals surface area contributed by atoms with E-state index >= 15 is 0 Å². The van der Waals surface area contributed by atoms with Gasteiger partial charge >= 0.3 is 0 Å². The molecule has 4 nitrogen and oxygen atoms in total. The largest absolute Gasteiger partial charge is 0.467 e. The minimum Gasteiger partial charge on any atom is -0.467 e. The highest BCUT2D eigenvalue weighted by Crippen LogP contribution is 2.35. The first-order valence-electron chi connectivity index (χ1n) is 6.04. The number of rotatable bonds is 2. The normalized spacial score (nSPS) is 18.8. The van der Waals surface area contributed by atoms with Crippen molar-refractivity contribution in [3.8, 4) is 6.07 Å². The van der Waals surface area contributed by atoms with Gasteiger partial charge in [0.25, 0.3) is 0 Å². The second-order valence-corrected chi connectivity index (χ2v) is 4.38. The predicted octanol–water partition coefficient (Wildman–Crippen LogP) is 2.89. The Bertz CT molecular complexity index is 571. The number of anilines is 1. The van der Waals surface area contributed by atoms with Crippen molar-refractivity contribution in [1.82, 2.24) is 4.98 Å². The van der Waals surface area contributed by atoms with Crippen molar-refractivity contribution < 1.29 is 4.42 Å². The maximum atomic E-state index is 8.94. The molecule has 0 amide bonds. The van der Waals surface area contributed by atoms with Crippen molar-refractivity contribution >= 4 is 5.82 Å². The third-order valence-electron chi connectivity index (χ3n) is 3.29. The summed E-state index contributed by atoms with van der Waals surface area (Å²) in [6, 6.07) is 9.85. The van der Waals surface area contributed by atoms with Gasteiger partial charge < -0.3 is 9.32 Å². The number of pyridine rings is 1. The molecule has 3 rings (SSSR count). The lowest BCUT2D eigenvalue weighted by Gasteiger charge is -2.24. The van der Waals surface area contributed by atoms with Crippen LogP contribution in [0.4, 0.5) is 5.82 Å². The highest BCUT2D eigenvalue weighted by Gasteiger charge is 2.29. The van der Waals surface area contributed by atoms with Crippen molar-refractivity contribution in [3.05, 3.63) is 48.0 Å². The Morgan fingerprint density at radius 1 is 1.44 bits per heavy atom. The summed E-state index contributed by atoms with van der Waals surface area (Å²) in [5, 5.41) is 8.94. The van der Waals surface area contributed by atoms with Crippen LogP contribution >= 0.6 is 0 Å². The minimum absolute atomic E-state index is 0.237. The minimum atomic E-state index is 0.237. The number of hydrogen-bond acceptors (Lipinski definition) is 4. The van der Waals surface area contributed by atoms with Gasteiger partial charge in [-0.1, -0.05) is 0 Å². The van der Waals surface area contributed by atoms with Crippen LogP contribution in [0.5, 0.6) is 0 Å². The molecule has 1 aliphatic heterocycles. The van der Waals surface area contributed by atoms with Gasteiger partial charge in [0.2, 0.25) is 0 Å². The van der Waals surface area contributed by atoms with E-state index in [0.29, 0.717) is 5.56 Å². The average molecular weight is 239 g/mol. The van der Waals surface area contributed by atoms with Gasteiger partial charge in [-0.25, -0.2) is 4.98 Å². The second kappa shape index (κ2) is 4.53. The first-order chi connectivity index (χ1) is 8.88. The zero-order chi connectivity index (χ0) is 12.4. The summed E-state index contributed by atoms with van der Waals surface area (Å²) in [7, 11) is 0. The summed E-state index contributed by atoms with van der Waals surface area (Å²) in [6.45, 7) is 0.952. The number of nitrogens with zero attached hydrogens (tertiary/aromatic N) is 3. The molecule has 1 unspecified atom stereocenters. The first kappa shape index (κ1) is 10.8. The van der Waals surface area contributed by atoms with Crippen LogP contribution in [-0.2, 0) is 0 Å². The summed E-state index contributed by atoms with van der Waals surface area (Å²) in [5.41, 5.74) is 0.644. The van der Waals surface area contributed by atoms with Gasteiger partial charge in [0.15, 0.2) is 0 Å². The quantitative estimate of drug-likeness (QED) is 0.808. The van der Waals surface area contributed by atoms with Gasteiger partial charge in [-0.15, -0.1) is 0 Å². The molecule has 1 saturated heterocycles. The van der Waals surface area contributed by atoms with Crippen molar-refractivity contribution in [2.24, 2.45) is 0 Å². The van der Waals surface area contributed by atoms with Crippen LogP contribution in [0, 0.1) is 11.3 Å². The number of aromatic nitrogens is 1. The molecule has 3 heterocycles. The monoisotopic (exact) mass is 239 g/mol. The number of hydrogen-bond donors (Lipinski definition) is 0. The molecule has 2 aromatic heterocycles. The van der Waals surface area contributed by atoms with Crippen LogP contribution in [0.1, 0.15) is 30.2 Å². The molecule has 0 spiro atoms. The Morgan fingerprint density at radius 3 is 3.17 bits per heavy atom. The van der Waals surface area contributed by atoms with E-state index in [2.05, 4.69) is 16.0 Å². The Kier molecular flexibility index (Phi) is 2.73. The standard InChI is InChI=1S/C14H13N3O/c15-10-11-5-6-16-14(9-11)17-7-1-3-12(17)13-4-2-8-18-13/h2,4-6,8-9,12H,1,3,7H2. The van der Waals surface area contributed by atoms with Crippen molar-refractivity contribution in [3.63, 3.8) is 0 Å². The third-order valence-corrected chi connectivity index (χ3v) is 3.29. The van der Waals surface area contributed by atoms with E-state index in [4.69, 9.17) is 9.68 Å². The molecule has 0 saturated carbocycles. The highest BCUT2D eigenvalue weighted by molar-refractivity contribution is 5.47. The highest BCUT2D eigenvalue weighted by atomic mass is 16.3. The van der Waals surface area contributed by atoms with E-state index < -0.39 is 0 Å². The smallest absolute Gasteiger partial charge is 0.130 e. The lowest BCUT2D eigenvalue weighted by Crippen LogP contribution is -2.23. The number of furan rings is 1. The fourth-order valence-electron chi connectivity index (χ4n) is 2.46. The molecule has 0 aromatic carbocycles. The van der Waals surface area contributed by atoms with Crippen molar-refractivity contribution in [1.29, 1.82) is 5.26 Å². The second-order valence-electron chi connectivity index (χ2n) is 4.38. The van der Waals surface area contributed by atoms with Crippen LogP contribution in [0.3, 0.4) is 0 Å². The van der Waals surface area contributed by atoms with Crippen LogP contribution in [0.15, 0.2) is 41.1 Å². The van der Waals surface area contributed by atoms with E-state index in [0.717, 1.165) is 31.0 Å². The summed E-state index contributed by atoms with van der Waals surface area (Å²) in [6.07, 6.45) is 5.56. The molecule has 0 aliphatic carbocycles. The molecule has 90 valence electrons. The van der Waals surface area contributed by atoms with Gasteiger partial charge in [0, 0.05) is 12.7 Å². The SMILES string of the molecule is N#Cc1ccnc(N2CCCC2c2ccco2)c1. The van der Waals surface area contributed by atoms with Gasteiger partial charge in [0.1, 0.15) is 11.6 Å². The molecule has 1 aliphatic rings. The summed E-state index contributed by atoms with van der Waals surface area (Å²) in [5.74, 6) is 1.82. The molecule has 0 radical (unpaired) electrons. The van der Waals surface area contributed by atoms with Crippen LogP contribution in [0.2, 0.25) is 0 Å². The van der Waals surface area contributed by atoms with Crippen LogP contribution in [-0.4, -0.2) is 11.5 Å². The summed E-state index contributed by atoms with van der Waals surface area (Å²) >= 11 is 0. The van der Waals surface area contributed by atoms with Crippen molar-refractivity contribution in [2.45, 2.75) is 18.9 Å². The summed E-state index contributed by atoms with van der Waals surface area (Å²) in [4.78, 5) is 6.57. The van der Waals surface area contributed by atoms with Crippen LogP contribution in [0.25, 0.3) is 0 Å². The van der Waals surface area contributed by atoms with Crippen LogP contribution < -0.4 is 4.90 Å². The Labute approximate surface area is 105 Å².